The van der Waals surface area contributed by atoms with Gasteiger partial charge in [-0.3, -0.25) is 15.1 Å². The average molecular weight is 469 g/mol. The summed E-state index contributed by atoms with van der Waals surface area (Å²) in [6, 6.07) is 11.6. The summed E-state index contributed by atoms with van der Waals surface area (Å²) in [7, 11) is 1.59. The van der Waals surface area contributed by atoms with Crippen molar-refractivity contribution in [2.75, 3.05) is 12.0 Å². The Hall–Kier alpha value is -2.64. The van der Waals surface area contributed by atoms with Gasteiger partial charge in [0.1, 0.15) is 4.88 Å². The number of amides is 1. The zero-order valence-corrected chi connectivity index (χ0v) is 20.1. The Kier molecular flexibility index (Phi) is 7.50. The molecule has 4 rings (SSSR count). The minimum absolute atomic E-state index is 0.0506. The summed E-state index contributed by atoms with van der Waals surface area (Å²) in [5, 5.41) is 10.0. The fourth-order valence-electron chi connectivity index (χ4n) is 4.94. The molecule has 1 amide bonds. The van der Waals surface area contributed by atoms with Crippen LogP contribution in [0.1, 0.15) is 61.5 Å². The van der Waals surface area contributed by atoms with Crippen LogP contribution in [-0.2, 0) is 9.63 Å². The van der Waals surface area contributed by atoms with E-state index in [0.29, 0.717) is 18.0 Å². The van der Waals surface area contributed by atoms with Gasteiger partial charge in [0.15, 0.2) is 0 Å². The highest BCUT2D eigenvalue weighted by Crippen LogP contribution is 2.41. The number of carbonyl (C=O) groups excluding carboxylic acids is 1. The lowest BCUT2D eigenvalue weighted by Crippen LogP contribution is -2.46. The van der Waals surface area contributed by atoms with E-state index in [-0.39, 0.29) is 22.7 Å². The van der Waals surface area contributed by atoms with Gasteiger partial charge in [0.25, 0.3) is 0 Å². The van der Waals surface area contributed by atoms with Gasteiger partial charge in [0, 0.05) is 22.5 Å². The van der Waals surface area contributed by atoms with Crippen molar-refractivity contribution in [1.82, 2.24) is 5.48 Å². The first-order valence-electron chi connectivity index (χ1n) is 11.7. The number of rotatable bonds is 7. The van der Waals surface area contributed by atoms with Crippen molar-refractivity contribution in [1.29, 1.82) is 0 Å². The second-order valence-corrected chi connectivity index (χ2v) is 10.2. The van der Waals surface area contributed by atoms with Crippen molar-refractivity contribution in [3.05, 3.63) is 53.0 Å². The summed E-state index contributed by atoms with van der Waals surface area (Å²) in [5.74, 6) is -0.322. The SMILES string of the molecule is CONC1=CCC(N(C(=O)C2CCC(C)CC2)c2cc(-c3ccccc3)sc2C(=O)O)CC1. The molecule has 6 nitrogen and oxygen atoms in total. The Balaban J connectivity index is 1.72. The molecule has 0 bridgehead atoms. The second kappa shape index (κ2) is 10.5. The summed E-state index contributed by atoms with van der Waals surface area (Å²) in [5.41, 5.74) is 5.40. The molecule has 2 aliphatic rings. The van der Waals surface area contributed by atoms with Crippen LogP contribution in [0, 0.1) is 11.8 Å². The molecule has 1 fully saturated rings. The third-order valence-corrected chi connectivity index (χ3v) is 7.97. The molecular weight excluding hydrogens is 436 g/mol. The summed E-state index contributed by atoms with van der Waals surface area (Å²) in [6.45, 7) is 2.24. The van der Waals surface area contributed by atoms with Gasteiger partial charge in [-0.15, -0.1) is 11.3 Å². The van der Waals surface area contributed by atoms with E-state index in [2.05, 4.69) is 18.5 Å². The van der Waals surface area contributed by atoms with Crippen LogP contribution >= 0.6 is 11.3 Å². The van der Waals surface area contributed by atoms with Gasteiger partial charge < -0.3 is 10.0 Å². The van der Waals surface area contributed by atoms with E-state index < -0.39 is 5.97 Å². The van der Waals surface area contributed by atoms with E-state index in [1.165, 1.54) is 11.3 Å². The molecule has 0 radical (unpaired) electrons. The van der Waals surface area contributed by atoms with Crippen LogP contribution in [-0.4, -0.2) is 30.1 Å². The smallest absolute Gasteiger partial charge is 0.348 e. The van der Waals surface area contributed by atoms with Crippen molar-refractivity contribution in [3.63, 3.8) is 0 Å². The molecule has 1 aromatic carbocycles. The van der Waals surface area contributed by atoms with Gasteiger partial charge in [-0.1, -0.05) is 43.3 Å². The largest absolute Gasteiger partial charge is 0.477 e. The first-order valence-corrected chi connectivity index (χ1v) is 12.5. The van der Waals surface area contributed by atoms with Crippen molar-refractivity contribution in [2.24, 2.45) is 11.8 Å². The molecule has 1 heterocycles. The molecule has 0 spiro atoms. The summed E-state index contributed by atoms with van der Waals surface area (Å²) >= 11 is 1.24. The van der Waals surface area contributed by atoms with E-state index in [1.807, 2.05) is 41.3 Å². The molecule has 1 unspecified atom stereocenters. The highest BCUT2D eigenvalue weighted by molar-refractivity contribution is 7.18. The first-order chi connectivity index (χ1) is 16.0. The fourth-order valence-corrected chi connectivity index (χ4v) is 5.93. The molecule has 33 heavy (non-hydrogen) atoms. The van der Waals surface area contributed by atoms with E-state index in [4.69, 9.17) is 4.84 Å². The number of carboxylic acid groups (broad SMARTS) is 1. The van der Waals surface area contributed by atoms with E-state index in [0.717, 1.165) is 54.7 Å². The zero-order chi connectivity index (χ0) is 23.4. The van der Waals surface area contributed by atoms with Gasteiger partial charge in [-0.2, -0.15) is 0 Å². The minimum Gasteiger partial charge on any atom is -0.477 e. The van der Waals surface area contributed by atoms with E-state index in [9.17, 15) is 14.7 Å². The number of allylic oxidation sites excluding steroid dienone is 1. The number of carboxylic acids is 1. The molecule has 0 saturated heterocycles. The van der Waals surface area contributed by atoms with Crippen molar-refractivity contribution in [3.8, 4) is 10.4 Å². The first kappa shape index (κ1) is 23.5. The molecule has 2 aromatic rings. The molecule has 2 N–H and O–H groups in total. The van der Waals surface area contributed by atoms with Crippen LogP contribution in [0.2, 0.25) is 0 Å². The standard InChI is InChI=1S/C26H32N2O4S/c1-17-8-10-19(11-9-17)25(29)28(21-14-12-20(13-15-21)27-32-2)22-16-23(33-24(22)26(30)31)18-6-4-3-5-7-18/h3-7,12,16-17,19,21,27H,8-11,13-15H2,1-2H3,(H,30,31). The maximum absolute atomic E-state index is 13.9. The highest BCUT2D eigenvalue weighted by Gasteiger charge is 2.36. The number of nitrogens with one attached hydrogen (secondary N) is 1. The number of anilines is 1. The highest BCUT2D eigenvalue weighted by atomic mass is 32.1. The number of hydroxylamine groups is 1. The van der Waals surface area contributed by atoms with Crippen molar-refractivity contribution < 1.29 is 19.5 Å². The van der Waals surface area contributed by atoms with Crippen LogP contribution in [0.25, 0.3) is 10.4 Å². The molecule has 176 valence electrons. The maximum atomic E-state index is 13.9. The quantitative estimate of drug-likeness (QED) is 0.498. The lowest BCUT2D eigenvalue weighted by molar-refractivity contribution is -0.124. The summed E-state index contributed by atoms with van der Waals surface area (Å²) in [4.78, 5) is 34.1. The lowest BCUT2D eigenvalue weighted by atomic mass is 9.81. The number of hydrogen-bond donors (Lipinski definition) is 2. The normalized spacial score (nSPS) is 23.0. The van der Waals surface area contributed by atoms with Gasteiger partial charge in [0.2, 0.25) is 5.91 Å². The predicted octanol–water partition coefficient (Wildman–Crippen LogP) is 5.86. The van der Waals surface area contributed by atoms with Gasteiger partial charge in [-0.25, -0.2) is 4.79 Å². The molecule has 1 atom stereocenters. The number of aromatic carboxylic acids is 1. The fraction of sp³-hybridized carbons (Fsp3) is 0.462. The second-order valence-electron chi connectivity index (χ2n) is 9.12. The third-order valence-electron chi connectivity index (χ3n) is 6.81. The molecule has 1 aromatic heterocycles. The topological polar surface area (TPSA) is 78.9 Å². The maximum Gasteiger partial charge on any atom is 0.348 e. The molecular formula is C26H32N2O4S. The Morgan fingerprint density at radius 2 is 1.85 bits per heavy atom. The summed E-state index contributed by atoms with van der Waals surface area (Å²) < 4.78 is 0. The van der Waals surface area contributed by atoms with Crippen LogP contribution in [0.15, 0.2) is 48.2 Å². The number of hydrogen-bond acceptors (Lipinski definition) is 5. The van der Waals surface area contributed by atoms with Gasteiger partial charge in [0.05, 0.1) is 12.8 Å². The molecule has 7 heteroatoms. The number of carbonyl (C=O) groups is 2. The Bertz CT molecular complexity index is 1010. The van der Waals surface area contributed by atoms with Crippen molar-refractivity contribution >= 4 is 28.9 Å². The van der Waals surface area contributed by atoms with Gasteiger partial charge >= 0.3 is 5.97 Å². The van der Waals surface area contributed by atoms with Crippen LogP contribution < -0.4 is 10.4 Å². The Morgan fingerprint density at radius 1 is 1.12 bits per heavy atom. The number of benzene rings is 1. The summed E-state index contributed by atoms with van der Waals surface area (Å²) in [6.07, 6.45) is 8.06. The minimum atomic E-state index is -0.986. The van der Waals surface area contributed by atoms with Crippen molar-refractivity contribution in [2.45, 2.75) is 57.9 Å². The monoisotopic (exact) mass is 468 g/mol. The van der Waals surface area contributed by atoms with Crippen LogP contribution in [0.5, 0.6) is 0 Å². The molecule has 2 aliphatic carbocycles. The van der Waals surface area contributed by atoms with E-state index in [1.54, 1.807) is 7.11 Å². The Labute approximate surface area is 199 Å². The van der Waals surface area contributed by atoms with Crippen LogP contribution in [0.4, 0.5) is 5.69 Å². The number of nitrogens with zero attached hydrogens (tertiary/aromatic N) is 1. The van der Waals surface area contributed by atoms with Crippen LogP contribution in [0.3, 0.4) is 0 Å². The predicted molar refractivity (Wildman–Crippen MR) is 131 cm³/mol. The third kappa shape index (κ3) is 5.31. The molecule has 0 aliphatic heterocycles. The average Bonchev–Trinajstić information content (AvgIpc) is 3.27. The lowest BCUT2D eigenvalue weighted by Gasteiger charge is -2.37. The number of thiophene rings is 1. The zero-order valence-electron chi connectivity index (χ0n) is 19.3. The molecule has 1 saturated carbocycles. The van der Waals surface area contributed by atoms with Gasteiger partial charge in [-0.05, 0) is 62.5 Å². The van der Waals surface area contributed by atoms with E-state index >= 15 is 0 Å². The Morgan fingerprint density at radius 3 is 2.45 bits per heavy atom.